The van der Waals surface area contributed by atoms with Crippen LogP contribution in [0.4, 0.5) is 8.63 Å². The molecule has 0 bridgehead atoms. The molecule has 0 aromatic carbocycles. The van der Waals surface area contributed by atoms with Gasteiger partial charge in [-0.25, -0.2) is 9.97 Å². The predicted molar refractivity (Wildman–Crippen MR) is 76.1 cm³/mol. The molecule has 0 unspecified atom stereocenters. The summed E-state index contributed by atoms with van der Waals surface area (Å²) in [6.07, 6.45) is 9.49. The fraction of sp³-hybridized carbons (Fsp3) is 0.0714. The van der Waals surface area contributed by atoms with Gasteiger partial charge < -0.3 is 17.6 Å². The van der Waals surface area contributed by atoms with Gasteiger partial charge in [0, 0.05) is 35.8 Å². The minimum absolute atomic E-state index is 0.485. The van der Waals surface area contributed by atoms with Crippen molar-refractivity contribution >= 4 is 18.8 Å². The molecule has 4 rings (SSSR count). The fourth-order valence-corrected chi connectivity index (χ4v) is 2.84. The highest BCUT2D eigenvalue weighted by Gasteiger charge is 2.51. The van der Waals surface area contributed by atoms with E-state index in [9.17, 15) is 8.63 Å². The van der Waals surface area contributed by atoms with E-state index in [1.165, 1.54) is 12.4 Å². The summed E-state index contributed by atoms with van der Waals surface area (Å²) in [6, 6.07) is 3.33. The van der Waals surface area contributed by atoms with Gasteiger partial charge in [-0.15, -0.1) is 0 Å². The van der Waals surface area contributed by atoms with Gasteiger partial charge in [0.2, 0.25) is 0 Å². The SMILES string of the molecule is Cc1ncc(C2=C3C=CC=[N+]3[B-](F)(F)n3cccc32)cn1. The van der Waals surface area contributed by atoms with Crippen LogP contribution in [0.3, 0.4) is 0 Å². The van der Waals surface area contributed by atoms with Crippen molar-refractivity contribution in [2.75, 3.05) is 0 Å². The molecule has 2 aromatic rings. The molecule has 0 aliphatic carbocycles. The molecule has 104 valence electrons. The third-order valence-corrected chi connectivity index (χ3v) is 3.81. The van der Waals surface area contributed by atoms with Crippen LogP contribution in [0.2, 0.25) is 0 Å². The monoisotopic (exact) mass is 284 g/mol. The summed E-state index contributed by atoms with van der Waals surface area (Å²) in [6.45, 7) is -2.06. The normalized spacial score (nSPS) is 18.5. The van der Waals surface area contributed by atoms with Crippen LogP contribution in [0.25, 0.3) is 5.57 Å². The average Bonchev–Trinajstić information content (AvgIpc) is 3.10. The molecule has 0 radical (unpaired) electrons. The Kier molecular flexibility index (Phi) is 2.31. The highest BCUT2D eigenvalue weighted by molar-refractivity contribution is 6.57. The van der Waals surface area contributed by atoms with Gasteiger partial charge in [-0.2, -0.15) is 0 Å². The van der Waals surface area contributed by atoms with E-state index in [2.05, 4.69) is 9.97 Å². The Balaban J connectivity index is 2.04. The molecule has 0 N–H and O–H groups in total. The van der Waals surface area contributed by atoms with Crippen molar-refractivity contribution in [1.82, 2.24) is 14.4 Å². The minimum Gasteiger partial charge on any atom is -0.396 e. The van der Waals surface area contributed by atoms with Crippen molar-refractivity contribution in [2.45, 2.75) is 6.92 Å². The van der Waals surface area contributed by atoms with Crippen LogP contribution >= 0.6 is 0 Å². The Bertz CT molecular complexity index is 831. The van der Waals surface area contributed by atoms with Crippen molar-refractivity contribution in [3.63, 3.8) is 0 Å². The quantitative estimate of drug-likeness (QED) is 0.752. The molecule has 0 saturated heterocycles. The Morgan fingerprint density at radius 3 is 2.76 bits per heavy atom. The highest BCUT2D eigenvalue weighted by Crippen LogP contribution is 2.37. The third kappa shape index (κ3) is 1.57. The first-order chi connectivity index (χ1) is 10.1. The van der Waals surface area contributed by atoms with Gasteiger partial charge in [0.1, 0.15) is 12.0 Å². The van der Waals surface area contributed by atoms with E-state index in [1.54, 1.807) is 43.6 Å². The molecule has 2 aromatic heterocycles. The van der Waals surface area contributed by atoms with Crippen LogP contribution in [0, 0.1) is 6.92 Å². The van der Waals surface area contributed by atoms with Gasteiger partial charge in [0.15, 0.2) is 5.70 Å². The first-order valence-corrected chi connectivity index (χ1v) is 6.62. The lowest BCUT2D eigenvalue weighted by Gasteiger charge is -2.30. The number of hydrogen-bond acceptors (Lipinski definition) is 2. The van der Waals surface area contributed by atoms with Gasteiger partial charge in [-0.05, 0) is 25.3 Å². The number of fused-ring (bicyclic) bond motifs is 2. The summed E-state index contributed by atoms with van der Waals surface area (Å²) in [5.41, 5.74) is 2.42. The van der Waals surface area contributed by atoms with Gasteiger partial charge in [-0.1, -0.05) is 0 Å². The van der Waals surface area contributed by atoms with E-state index >= 15 is 0 Å². The van der Waals surface area contributed by atoms with Gasteiger partial charge >= 0.3 is 6.97 Å². The molecule has 21 heavy (non-hydrogen) atoms. The lowest BCUT2D eigenvalue weighted by molar-refractivity contribution is -0.356. The minimum atomic E-state index is -3.85. The molecule has 0 amide bonds. The number of hydrogen-bond donors (Lipinski definition) is 0. The summed E-state index contributed by atoms with van der Waals surface area (Å²) in [7, 11) is 0. The second-order valence-corrected chi connectivity index (χ2v) is 5.08. The highest BCUT2D eigenvalue weighted by atomic mass is 19.2. The molecule has 4 heterocycles. The third-order valence-electron chi connectivity index (χ3n) is 3.81. The maximum Gasteiger partial charge on any atom is 0.737 e. The second-order valence-electron chi connectivity index (χ2n) is 5.08. The number of aromatic nitrogens is 3. The van der Waals surface area contributed by atoms with Crippen molar-refractivity contribution in [3.05, 3.63) is 65.7 Å². The van der Waals surface area contributed by atoms with Crippen molar-refractivity contribution in [1.29, 1.82) is 0 Å². The number of halogens is 2. The summed E-state index contributed by atoms with van der Waals surface area (Å²) >= 11 is 0. The Morgan fingerprint density at radius 1 is 1.24 bits per heavy atom. The topological polar surface area (TPSA) is 33.7 Å². The number of allylic oxidation sites excluding steroid dienone is 2. The zero-order valence-corrected chi connectivity index (χ0v) is 11.2. The van der Waals surface area contributed by atoms with Gasteiger partial charge in [-0.3, -0.25) is 0 Å². The Hall–Kier alpha value is -2.57. The Morgan fingerprint density at radius 2 is 2.00 bits per heavy atom. The van der Waals surface area contributed by atoms with E-state index in [-0.39, 0.29) is 0 Å². The van der Waals surface area contributed by atoms with Gasteiger partial charge in [0.25, 0.3) is 0 Å². The predicted octanol–water partition coefficient (Wildman–Crippen LogP) is 2.24. The lowest BCUT2D eigenvalue weighted by atomic mass is 9.87. The number of aryl methyl sites for hydroxylation is 1. The van der Waals surface area contributed by atoms with Gasteiger partial charge in [0.05, 0.1) is 5.57 Å². The van der Waals surface area contributed by atoms with Crippen molar-refractivity contribution in [3.8, 4) is 0 Å². The van der Waals surface area contributed by atoms with E-state index in [4.69, 9.17) is 0 Å². The summed E-state index contributed by atoms with van der Waals surface area (Å²) in [4.78, 5) is 8.34. The molecule has 0 spiro atoms. The van der Waals surface area contributed by atoms with Crippen molar-refractivity contribution in [2.24, 2.45) is 0 Å². The van der Waals surface area contributed by atoms with Crippen LogP contribution in [-0.2, 0) is 0 Å². The van der Waals surface area contributed by atoms with E-state index in [0.29, 0.717) is 17.2 Å². The average molecular weight is 284 g/mol. The summed E-state index contributed by atoms with van der Waals surface area (Å²) in [5, 5.41) is 0. The molecule has 0 atom stereocenters. The maximum atomic E-state index is 14.6. The van der Waals surface area contributed by atoms with Crippen LogP contribution in [-0.4, -0.2) is 32.1 Å². The molecule has 2 aliphatic heterocycles. The first-order valence-electron chi connectivity index (χ1n) is 6.62. The van der Waals surface area contributed by atoms with Crippen LogP contribution in [0.1, 0.15) is 17.1 Å². The molecule has 2 aliphatic rings. The molecule has 7 heteroatoms. The van der Waals surface area contributed by atoms with Crippen LogP contribution in [0.5, 0.6) is 0 Å². The second kappa shape index (κ2) is 3.97. The molecule has 0 fully saturated rings. The zero-order valence-electron chi connectivity index (χ0n) is 11.2. The fourth-order valence-electron chi connectivity index (χ4n) is 2.84. The van der Waals surface area contributed by atoms with E-state index in [0.717, 1.165) is 20.1 Å². The largest absolute Gasteiger partial charge is 0.737 e. The molecular weight excluding hydrogens is 273 g/mol. The standard InChI is InChI=1S/C14H11BF2N4/c1-10-18-8-11(9-19-10)14-12-4-2-6-20(12)15(16,17)21-7-3-5-13(14)21/h2-9H,1H3. The summed E-state index contributed by atoms with van der Waals surface area (Å²) < 4.78 is 31.2. The van der Waals surface area contributed by atoms with Crippen molar-refractivity contribution < 1.29 is 13.1 Å². The summed E-state index contributed by atoms with van der Waals surface area (Å²) in [5.74, 6) is 0.649. The number of rotatable bonds is 1. The van der Waals surface area contributed by atoms with Crippen LogP contribution in [0.15, 0.2) is 48.6 Å². The van der Waals surface area contributed by atoms with E-state index < -0.39 is 6.97 Å². The smallest absolute Gasteiger partial charge is 0.396 e. The molecule has 4 nitrogen and oxygen atoms in total. The molecular formula is C14H11BF2N4. The Labute approximate surface area is 119 Å². The maximum absolute atomic E-state index is 14.6. The van der Waals surface area contributed by atoms with E-state index in [1.807, 2.05) is 0 Å². The molecule has 0 saturated carbocycles. The van der Waals surface area contributed by atoms with Crippen LogP contribution < -0.4 is 0 Å². The lowest BCUT2D eigenvalue weighted by Crippen LogP contribution is -2.49. The first kappa shape index (κ1) is 12.2. The number of nitrogens with zero attached hydrogens (tertiary/aromatic N) is 4. The zero-order chi connectivity index (χ0) is 14.6.